The molecule has 0 aliphatic heterocycles. The molecule has 18 heavy (non-hydrogen) atoms. The molecule has 1 aromatic carbocycles. The molecule has 2 heterocycles. The van der Waals surface area contributed by atoms with Crippen LogP contribution in [-0.2, 0) is 0 Å². The maximum atomic E-state index is 12.8. The van der Waals surface area contributed by atoms with Crippen molar-refractivity contribution in [2.45, 2.75) is 0 Å². The molecule has 3 rings (SSSR count). The molecule has 0 saturated heterocycles. The van der Waals surface area contributed by atoms with E-state index in [0.717, 1.165) is 11.1 Å². The normalized spacial score (nSPS) is 10.5. The number of anilines is 2. The molecule has 0 amide bonds. The molecule has 0 aliphatic rings. The van der Waals surface area contributed by atoms with Crippen LogP contribution in [0.1, 0.15) is 0 Å². The fourth-order valence-corrected chi connectivity index (χ4v) is 1.59. The van der Waals surface area contributed by atoms with E-state index in [1.807, 2.05) is 12.1 Å². The minimum absolute atomic E-state index is 0.276. The smallest absolute Gasteiger partial charge is 0.229 e. The van der Waals surface area contributed by atoms with Gasteiger partial charge in [0.15, 0.2) is 5.65 Å². The van der Waals surface area contributed by atoms with Gasteiger partial charge in [-0.05, 0) is 36.4 Å². The third kappa shape index (κ3) is 2.10. The average molecular weight is 240 g/mol. The number of halogens is 1. The van der Waals surface area contributed by atoms with Crippen molar-refractivity contribution in [1.82, 2.24) is 15.0 Å². The lowest BCUT2D eigenvalue weighted by Crippen LogP contribution is -1.97. The molecular weight excluding hydrogens is 231 g/mol. The van der Waals surface area contributed by atoms with Crippen LogP contribution in [-0.4, -0.2) is 15.0 Å². The Balaban J connectivity index is 1.92. The number of benzene rings is 1. The number of aromatic nitrogens is 3. The van der Waals surface area contributed by atoms with Gasteiger partial charge >= 0.3 is 0 Å². The highest BCUT2D eigenvalue weighted by atomic mass is 19.1. The van der Waals surface area contributed by atoms with Gasteiger partial charge in [0, 0.05) is 23.5 Å². The van der Waals surface area contributed by atoms with Gasteiger partial charge in [0.2, 0.25) is 5.95 Å². The van der Waals surface area contributed by atoms with Gasteiger partial charge in [0.05, 0.1) is 0 Å². The van der Waals surface area contributed by atoms with Crippen molar-refractivity contribution < 1.29 is 4.39 Å². The first kappa shape index (κ1) is 10.6. The van der Waals surface area contributed by atoms with Gasteiger partial charge in [0.1, 0.15) is 5.82 Å². The topological polar surface area (TPSA) is 50.7 Å². The summed E-state index contributed by atoms with van der Waals surface area (Å²) in [6.07, 6.45) is 3.37. The summed E-state index contributed by atoms with van der Waals surface area (Å²) in [5.41, 5.74) is 1.35. The van der Waals surface area contributed by atoms with E-state index in [2.05, 4.69) is 20.3 Å². The van der Waals surface area contributed by atoms with Crippen molar-refractivity contribution in [1.29, 1.82) is 0 Å². The lowest BCUT2D eigenvalue weighted by atomic mass is 10.3. The highest BCUT2D eigenvalue weighted by Crippen LogP contribution is 2.15. The predicted octanol–water partition coefficient (Wildman–Crippen LogP) is 2.91. The summed E-state index contributed by atoms with van der Waals surface area (Å²) >= 11 is 0. The van der Waals surface area contributed by atoms with Gasteiger partial charge in [-0.25, -0.2) is 14.4 Å². The summed E-state index contributed by atoms with van der Waals surface area (Å²) in [4.78, 5) is 12.6. The molecule has 0 saturated carbocycles. The number of fused-ring (bicyclic) bond motifs is 1. The van der Waals surface area contributed by atoms with Crippen LogP contribution in [0.15, 0.2) is 48.8 Å². The van der Waals surface area contributed by atoms with E-state index in [4.69, 9.17) is 0 Å². The van der Waals surface area contributed by atoms with Crippen molar-refractivity contribution in [3.63, 3.8) is 0 Å². The van der Waals surface area contributed by atoms with Gasteiger partial charge in [-0.1, -0.05) is 0 Å². The van der Waals surface area contributed by atoms with Crippen molar-refractivity contribution >= 4 is 22.7 Å². The van der Waals surface area contributed by atoms with Gasteiger partial charge in [-0.15, -0.1) is 0 Å². The van der Waals surface area contributed by atoms with E-state index in [1.165, 1.54) is 12.1 Å². The Bertz CT molecular complexity index is 682. The molecule has 0 aliphatic carbocycles. The van der Waals surface area contributed by atoms with E-state index < -0.39 is 0 Å². The highest BCUT2D eigenvalue weighted by molar-refractivity contribution is 5.74. The summed E-state index contributed by atoms with van der Waals surface area (Å²) in [7, 11) is 0. The molecule has 0 fully saturated rings. The SMILES string of the molecule is Fc1ccc(Nc2ncc3cccnc3n2)cc1. The molecule has 0 unspecified atom stereocenters. The monoisotopic (exact) mass is 240 g/mol. The molecule has 1 N–H and O–H groups in total. The van der Waals surface area contributed by atoms with Gasteiger partial charge < -0.3 is 5.32 Å². The van der Waals surface area contributed by atoms with Gasteiger partial charge in [0.25, 0.3) is 0 Å². The summed E-state index contributed by atoms with van der Waals surface area (Å²) in [5, 5.41) is 3.87. The maximum absolute atomic E-state index is 12.8. The van der Waals surface area contributed by atoms with Crippen LogP contribution < -0.4 is 5.32 Å². The maximum Gasteiger partial charge on any atom is 0.229 e. The Labute approximate surface area is 103 Å². The van der Waals surface area contributed by atoms with Crippen molar-refractivity contribution in [2.24, 2.45) is 0 Å². The minimum Gasteiger partial charge on any atom is -0.324 e. The van der Waals surface area contributed by atoms with E-state index in [0.29, 0.717) is 11.6 Å². The molecule has 5 heteroatoms. The van der Waals surface area contributed by atoms with Crippen LogP contribution in [0.25, 0.3) is 11.0 Å². The van der Waals surface area contributed by atoms with Crippen LogP contribution in [0.3, 0.4) is 0 Å². The van der Waals surface area contributed by atoms with E-state index >= 15 is 0 Å². The van der Waals surface area contributed by atoms with Crippen LogP contribution in [0.2, 0.25) is 0 Å². The Hall–Kier alpha value is -2.56. The molecule has 88 valence electrons. The number of hydrogen-bond acceptors (Lipinski definition) is 4. The number of nitrogens with zero attached hydrogens (tertiary/aromatic N) is 3. The van der Waals surface area contributed by atoms with E-state index in [-0.39, 0.29) is 5.82 Å². The Morgan fingerprint density at radius 3 is 2.67 bits per heavy atom. The average Bonchev–Trinajstić information content (AvgIpc) is 2.41. The zero-order valence-corrected chi connectivity index (χ0v) is 9.34. The molecule has 4 nitrogen and oxygen atoms in total. The molecule has 3 aromatic rings. The summed E-state index contributed by atoms with van der Waals surface area (Å²) < 4.78 is 12.8. The first-order chi connectivity index (χ1) is 8.81. The summed E-state index contributed by atoms with van der Waals surface area (Å²) in [5.74, 6) is 0.162. The van der Waals surface area contributed by atoms with Crippen LogP contribution in [0, 0.1) is 5.82 Å². The summed E-state index contributed by atoms with van der Waals surface area (Å²) in [6.45, 7) is 0. The van der Waals surface area contributed by atoms with E-state index in [1.54, 1.807) is 24.5 Å². The minimum atomic E-state index is -0.276. The lowest BCUT2D eigenvalue weighted by Gasteiger charge is -2.04. The first-order valence-electron chi connectivity index (χ1n) is 5.42. The first-order valence-corrected chi connectivity index (χ1v) is 5.42. The number of hydrogen-bond donors (Lipinski definition) is 1. The fraction of sp³-hybridized carbons (Fsp3) is 0. The molecule has 0 radical (unpaired) electrons. The molecule has 0 spiro atoms. The quantitative estimate of drug-likeness (QED) is 0.748. The largest absolute Gasteiger partial charge is 0.324 e. The zero-order valence-electron chi connectivity index (χ0n) is 9.34. The third-order valence-corrected chi connectivity index (χ3v) is 2.45. The van der Waals surface area contributed by atoms with Crippen molar-refractivity contribution in [3.05, 3.63) is 54.6 Å². The van der Waals surface area contributed by atoms with Gasteiger partial charge in [-0.3, -0.25) is 0 Å². The van der Waals surface area contributed by atoms with Crippen LogP contribution in [0.5, 0.6) is 0 Å². The Kier molecular flexibility index (Phi) is 2.57. The Morgan fingerprint density at radius 1 is 1.00 bits per heavy atom. The standard InChI is InChI=1S/C13H9FN4/c14-10-3-5-11(6-4-10)17-13-16-8-9-2-1-7-15-12(9)18-13/h1-8H,(H,15,16,17,18). The predicted molar refractivity (Wildman–Crippen MR) is 67.0 cm³/mol. The zero-order chi connectivity index (χ0) is 12.4. The molecule has 0 bridgehead atoms. The lowest BCUT2D eigenvalue weighted by molar-refractivity contribution is 0.628. The third-order valence-electron chi connectivity index (χ3n) is 2.45. The van der Waals surface area contributed by atoms with Crippen molar-refractivity contribution in [2.75, 3.05) is 5.32 Å². The second-order valence-electron chi connectivity index (χ2n) is 3.74. The van der Waals surface area contributed by atoms with E-state index in [9.17, 15) is 4.39 Å². The number of nitrogens with one attached hydrogen (secondary N) is 1. The number of pyridine rings is 1. The molecule has 0 atom stereocenters. The van der Waals surface area contributed by atoms with Crippen LogP contribution >= 0.6 is 0 Å². The molecular formula is C13H9FN4. The number of rotatable bonds is 2. The second kappa shape index (κ2) is 4.37. The van der Waals surface area contributed by atoms with Crippen LogP contribution in [0.4, 0.5) is 16.0 Å². The van der Waals surface area contributed by atoms with Gasteiger partial charge in [-0.2, -0.15) is 4.98 Å². The fourth-order valence-electron chi connectivity index (χ4n) is 1.59. The molecule has 2 aromatic heterocycles. The Morgan fingerprint density at radius 2 is 1.83 bits per heavy atom. The second-order valence-corrected chi connectivity index (χ2v) is 3.74. The highest BCUT2D eigenvalue weighted by Gasteiger charge is 2.01. The van der Waals surface area contributed by atoms with Crippen molar-refractivity contribution in [3.8, 4) is 0 Å². The summed E-state index contributed by atoms with van der Waals surface area (Å²) in [6, 6.07) is 9.73.